The van der Waals surface area contributed by atoms with E-state index in [1.807, 2.05) is 0 Å². The number of ether oxygens (including phenoxy) is 2. The van der Waals surface area contributed by atoms with E-state index in [1.54, 1.807) is 38.1 Å². The van der Waals surface area contributed by atoms with Gasteiger partial charge in [-0.25, -0.2) is 8.42 Å². The van der Waals surface area contributed by atoms with Crippen LogP contribution in [0.2, 0.25) is 0 Å². The molecule has 1 aromatic heterocycles. The van der Waals surface area contributed by atoms with E-state index >= 15 is 0 Å². The predicted octanol–water partition coefficient (Wildman–Crippen LogP) is 3.03. The number of fused-ring (bicyclic) bond motifs is 3. The Kier molecular flexibility index (Phi) is 5.63. The van der Waals surface area contributed by atoms with Crippen LogP contribution in [-0.4, -0.2) is 40.5 Å². The molecule has 0 spiro atoms. The van der Waals surface area contributed by atoms with Crippen molar-refractivity contribution in [3.8, 4) is 0 Å². The number of hydrogen-bond acceptors (Lipinski definition) is 7. The van der Waals surface area contributed by atoms with Gasteiger partial charge in [0.1, 0.15) is 17.2 Å². The van der Waals surface area contributed by atoms with Crippen LogP contribution in [0, 0.1) is 11.3 Å². The first-order chi connectivity index (χ1) is 13.7. The van der Waals surface area contributed by atoms with E-state index in [0.29, 0.717) is 22.1 Å². The second kappa shape index (κ2) is 7.84. The molecule has 1 heterocycles. The highest BCUT2D eigenvalue weighted by Gasteiger charge is 2.29. The molecule has 0 aliphatic rings. The summed E-state index contributed by atoms with van der Waals surface area (Å²) in [5.41, 5.74) is 1.52. The van der Waals surface area contributed by atoms with Gasteiger partial charge in [0.15, 0.2) is 0 Å². The highest BCUT2D eigenvalue weighted by molar-refractivity contribution is 7.89. The molecule has 0 saturated carbocycles. The van der Waals surface area contributed by atoms with Gasteiger partial charge in [-0.05, 0) is 36.2 Å². The Morgan fingerprint density at radius 1 is 1.03 bits per heavy atom. The fourth-order valence-electron chi connectivity index (χ4n) is 3.00. The number of carbonyl (C=O) groups is 1. The third-order valence-electron chi connectivity index (χ3n) is 4.62. The minimum atomic E-state index is -3.98. The van der Waals surface area contributed by atoms with Crippen molar-refractivity contribution < 1.29 is 27.1 Å². The highest BCUT2D eigenvalue weighted by Crippen LogP contribution is 2.31. The Labute approximate surface area is 168 Å². The number of hydrogen-bond donors (Lipinski definition) is 2. The van der Waals surface area contributed by atoms with Crippen LogP contribution in [0.5, 0.6) is 0 Å². The molecule has 0 aliphatic heterocycles. The van der Waals surface area contributed by atoms with Crippen LogP contribution < -0.4 is 4.72 Å². The van der Waals surface area contributed by atoms with E-state index < -0.39 is 22.0 Å². The molecular weight excluding hydrogens is 396 g/mol. The van der Waals surface area contributed by atoms with Gasteiger partial charge < -0.3 is 13.9 Å². The third-order valence-corrected chi connectivity index (χ3v) is 6.06. The number of methoxy groups -OCH3 is 2. The van der Waals surface area contributed by atoms with Crippen molar-refractivity contribution in [1.29, 1.82) is 5.41 Å². The quantitative estimate of drug-likeness (QED) is 0.361. The van der Waals surface area contributed by atoms with Crippen LogP contribution in [-0.2, 0) is 24.3 Å². The minimum absolute atomic E-state index is 0.0205. The molecule has 8 nitrogen and oxygen atoms in total. The molecule has 0 radical (unpaired) electrons. The Morgan fingerprint density at radius 2 is 1.76 bits per heavy atom. The first-order valence-electron chi connectivity index (χ1n) is 8.87. The summed E-state index contributed by atoms with van der Waals surface area (Å²) < 4.78 is 43.4. The van der Waals surface area contributed by atoms with Crippen LogP contribution >= 0.6 is 0 Å². The van der Waals surface area contributed by atoms with Crippen LogP contribution in [0.15, 0.2) is 45.7 Å². The van der Waals surface area contributed by atoms with E-state index in [9.17, 15) is 13.2 Å². The predicted molar refractivity (Wildman–Crippen MR) is 109 cm³/mol. The van der Waals surface area contributed by atoms with Gasteiger partial charge in [-0.1, -0.05) is 13.8 Å². The number of rotatable bonds is 6. The van der Waals surface area contributed by atoms with E-state index in [0.717, 1.165) is 5.39 Å². The van der Waals surface area contributed by atoms with Crippen molar-refractivity contribution in [2.45, 2.75) is 24.8 Å². The molecule has 2 N–H and O–H groups in total. The average Bonchev–Trinajstić information content (AvgIpc) is 3.07. The molecule has 1 atom stereocenters. The summed E-state index contributed by atoms with van der Waals surface area (Å²) in [5.74, 6) is -0.921. The standard InChI is InChI=1S/C20H22N2O6S/c1-11(2)18(20(23)27-4)22-29(24,25)13-6-7-14-15-9-12(19(21)26-3)5-8-16(15)28-17(14)10-13/h5-11,18,21-22H,1-4H3. The van der Waals surface area contributed by atoms with Gasteiger partial charge in [-0.3, -0.25) is 10.2 Å². The Hall–Kier alpha value is -2.91. The molecule has 1 unspecified atom stereocenters. The normalized spacial score (nSPS) is 13.0. The fraction of sp³-hybridized carbons (Fsp3) is 0.300. The zero-order valence-corrected chi connectivity index (χ0v) is 17.3. The summed E-state index contributed by atoms with van der Waals surface area (Å²) in [7, 11) is -1.35. The Bertz CT molecular complexity index is 1200. The maximum atomic E-state index is 12.8. The minimum Gasteiger partial charge on any atom is -0.481 e. The number of carbonyl (C=O) groups excluding carboxylic acids is 1. The molecule has 0 saturated heterocycles. The monoisotopic (exact) mass is 418 g/mol. The largest absolute Gasteiger partial charge is 0.481 e. The number of benzene rings is 2. The summed E-state index contributed by atoms with van der Waals surface area (Å²) in [6.07, 6.45) is 0. The maximum absolute atomic E-state index is 12.8. The lowest BCUT2D eigenvalue weighted by molar-refractivity contribution is -0.143. The van der Waals surface area contributed by atoms with Crippen LogP contribution in [0.4, 0.5) is 0 Å². The van der Waals surface area contributed by atoms with Crippen molar-refractivity contribution in [2.75, 3.05) is 14.2 Å². The van der Waals surface area contributed by atoms with Crippen LogP contribution in [0.1, 0.15) is 19.4 Å². The van der Waals surface area contributed by atoms with E-state index in [-0.39, 0.29) is 16.7 Å². The molecule has 3 rings (SSSR count). The summed E-state index contributed by atoms with van der Waals surface area (Å²) in [5, 5.41) is 9.25. The summed E-state index contributed by atoms with van der Waals surface area (Å²) >= 11 is 0. The van der Waals surface area contributed by atoms with Gasteiger partial charge in [-0.15, -0.1) is 0 Å². The fourth-order valence-corrected chi connectivity index (χ4v) is 4.35. The number of sulfonamides is 1. The molecule has 0 fully saturated rings. The van der Waals surface area contributed by atoms with Crippen molar-refractivity contribution in [1.82, 2.24) is 4.72 Å². The van der Waals surface area contributed by atoms with Crippen LogP contribution in [0.3, 0.4) is 0 Å². The van der Waals surface area contributed by atoms with Crippen molar-refractivity contribution in [3.63, 3.8) is 0 Å². The topological polar surface area (TPSA) is 119 Å². The van der Waals surface area contributed by atoms with Gasteiger partial charge in [0.2, 0.25) is 15.9 Å². The van der Waals surface area contributed by atoms with Crippen molar-refractivity contribution in [2.24, 2.45) is 5.92 Å². The Morgan fingerprint density at radius 3 is 2.38 bits per heavy atom. The van der Waals surface area contributed by atoms with Gasteiger partial charge >= 0.3 is 5.97 Å². The lowest BCUT2D eigenvalue weighted by Gasteiger charge is -2.19. The number of furan rings is 1. The van der Waals surface area contributed by atoms with E-state index in [2.05, 4.69) is 4.72 Å². The molecule has 2 aromatic carbocycles. The maximum Gasteiger partial charge on any atom is 0.324 e. The smallest absolute Gasteiger partial charge is 0.324 e. The number of esters is 1. The average molecular weight is 418 g/mol. The lowest BCUT2D eigenvalue weighted by atomic mass is 10.1. The zero-order valence-electron chi connectivity index (χ0n) is 16.5. The molecule has 0 aliphatic carbocycles. The van der Waals surface area contributed by atoms with E-state index in [1.165, 1.54) is 26.4 Å². The molecule has 0 bridgehead atoms. The van der Waals surface area contributed by atoms with Crippen molar-refractivity contribution in [3.05, 3.63) is 42.0 Å². The zero-order chi connectivity index (χ0) is 21.3. The summed E-state index contributed by atoms with van der Waals surface area (Å²) in [6, 6.07) is 8.65. The molecule has 3 aromatic rings. The number of nitrogens with one attached hydrogen (secondary N) is 2. The van der Waals surface area contributed by atoms with Gasteiger partial charge in [0.05, 0.1) is 19.1 Å². The molecular formula is C20H22N2O6S. The SMILES string of the molecule is COC(=N)c1ccc2oc3cc(S(=O)(=O)NC(C(=O)OC)C(C)C)ccc3c2c1. The van der Waals surface area contributed by atoms with Gasteiger partial charge in [0, 0.05) is 22.4 Å². The second-order valence-electron chi connectivity index (χ2n) is 6.87. The molecule has 0 amide bonds. The summed E-state index contributed by atoms with van der Waals surface area (Å²) in [4.78, 5) is 11.9. The first kappa shape index (κ1) is 20.8. The summed E-state index contributed by atoms with van der Waals surface area (Å²) in [6.45, 7) is 3.45. The highest BCUT2D eigenvalue weighted by atomic mass is 32.2. The molecule has 29 heavy (non-hydrogen) atoms. The second-order valence-corrected chi connectivity index (χ2v) is 8.58. The molecule has 154 valence electrons. The third kappa shape index (κ3) is 3.96. The van der Waals surface area contributed by atoms with Crippen LogP contribution in [0.25, 0.3) is 21.9 Å². The van der Waals surface area contributed by atoms with Crippen molar-refractivity contribution >= 4 is 43.8 Å². The van der Waals surface area contributed by atoms with Gasteiger partial charge in [-0.2, -0.15) is 4.72 Å². The molecule has 9 heteroatoms. The lowest BCUT2D eigenvalue weighted by Crippen LogP contribution is -2.44. The first-order valence-corrected chi connectivity index (χ1v) is 10.4. The van der Waals surface area contributed by atoms with Gasteiger partial charge in [0.25, 0.3) is 0 Å². The Balaban J connectivity index is 2.03. The van der Waals surface area contributed by atoms with E-state index in [4.69, 9.17) is 19.3 Å².